The summed E-state index contributed by atoms with van der Waals surface area (Å²) in [6.07, 6.45) is 0.906. The molecule has 120 valence electrons. The molecule has 0 aliphatic carbocycles. The quantitative estimate of drug-likeness (QED) is 0.865. The van der Waals surface area contributed by atoms with Crippen LogP contribution < -0.4 is 4.90 Å². The number of hydrogen-bond acceptors (Lipinski definition) is 2. The third-order valence-corrected chi connectivity index (χ3v) is 4.25. The summed E-state index contributed by atoms with van der Waals surface area (Å²) in [6.45, 7) is 3.05. The highest BCUT2D eigenvalue weighted by Crippen LogP contribution is 2.31. The molecule has 0 spiro atoms. The van der Waals surface area contributed by atoms with Gasteiger partial charge in [-0.3, -0.25) is 9.69 Å². The van der Waals surface area contributed by atoms with Crippen molar-refractivity contribution in [3.8, 4) is 0 Å². The zero-order chi connectivity index (χ0) is 16.4. The number of fused-ring (bicyclic) bond motifs is 1. The highest BCUT2D eigenvalue weighted by atomic mass is 19.1. The van der Waals surface area contributed by atoms with Crippen LogP contribution in [-0.4, -0.2) is 30.4 Å². The molecule has 0 radical (unpaired) electrons. The summed E-state index contributed by atoms with van der Waals surface area (Å²) >= 11 is 0. The van der Waals surface area contributed by atoms with E-state index in [1.165, 1.54) is 17.7 Å². The largest absolute Gasteiger partial charge is 0.308 e. The lowest BCUT2D eigenvalue weighted by Crippen LogP contribution is -2.41. The van der Waals surface area contributed by atoms with E-state index in [1.807, 2.05) is 35.0 Å². The van der Waals surface area contributed by atoms with Crippen LogP contribution in [0, 0.1) is 5.82 Å². The molecule has 0 saturated carbocycles. The minimum absolute atomic E-state index is 0.104. The molecule has 4 heteroatoms. The number of halogens is 1. The second-order valence-corrected chi connectivity index (χ2v) is 6.24. The number of likely N-dealkylation sites (N-methyl/N-ethyl adjacent to an activating group) is 1. The van der Waals surface area contributed by atoms with Crippen LogP contribution in [0.2, 0.25) is 0 Å². The van der Waals surface area contributed by atoms with Crippen molar-refractivity contribution >= 4 is 11.6 Å². The number of para-hydroxylation sites is 1. The van der Waals surface area contributed by atoms with Crippen LogP contribution in [-0.2, 0) is 17.8 Å². The Morgan fingerprint density at radius 1 is 1.22 bits per heavy atom. The number of hydrogen-bond donors (Lipinski definition) is 0. The van der Waals surface area contributed by atoms with Gasteiger partial charge in [0, 0.05) is 18.3 Å². The van der Waals surface area contributed by atoms with Crippen molar-refractivity contribution in [2.45, 2.75) is 25.9 Å². The minimum Gasteiger partial charge on any atom is -0.308 e. The maximum absolute atomic E-state index is 12.9. The molecule has 1 heterocycles. The van der Waals surface area contributed by atoms with E-state index in [1.54, 1.807) is 12.1 Å². The second-order valence-electron chi connectivity index (χ2n) is 6.24. The van der Waals surface area contributed by atoms with Gasteiger partial charge in [-0.2, -0.15) is 0 Å². The van der Waals surface area contributed by atoms with E-state index < -0.39 is 0 Å². The first-order valence-corrected chi connectivity index (χ1v) is 7.87. The summed E-state index contributed by atoms with van der Waals surface area (Å²) in [5, 5.41) is 0. The molecule has 3 rings (SSSR count). The van der Waals surface area contributed by atoms with Gasteiger partial charge in [0.1, 0.15) is 5.82 Å². The van der Waals surface area contributed by atoms with Crippen LogP contribution in [0.5, 0.6) is 0 Å². The number of carbonyl (C=O) groups is 1. The van der Waals surface area contributed by atoms with Gasteiger partial charge in [-0.05, 0) is 49.7 Å². The lowest BCUT2D eigenvalue weighted by Gasteiger charge is -2.25. The molecule has 1 aliphatic heterocycles. The Labute approximate surface area is 136 Å². The summed E-state index contributed by atoms with van der Waals surface area (Å²) in [5.41, 5.74) is 3.26. The molecule has 0 saturated heterocycles. The number of amides is 1. The molecular weight excluding hydrogens is 291 g/mol. The van der Waals surface area contributed by atoms with Gasteiger partial charge in [0.2, 0.25) is 5.91 Å². The molecular formula is C19H21FN2O. The van der Waals surface area contributed by atoms with E-state index in [-0.39, 0.29) is 17.8 Å². The first-order valence-electron chi connectivity index (χ1n) is 7.87. The highest BCUT2D eigenvalue weighted by Gasteiger charge is 2.30. The zero-order valence-corrected chi connectivity index (χ0v) is 13.5. The van der Waals surface area contributed by atoms with E-state index >= 15 is 0 Å². The maximum Gasteiger partial charge on any atom is 0.241 e. The molecule has 2 aromatic carbocycles. The molecule has 3 nitrogen and oxygen atoms in total. The Bertz CT molecular complexity index is 699. The molecule has 0 N–H and O–H groups in total. The second kappa shape index (κ2) is 6.50. The molecule has 0 fully saturated rings. The topological polar surface area (TPSA) is 23.6 Å². The number of benzene rings is 2. The van der Waals surface area contributed by atoms with Crippen LogP contribution in [0.3, 0.4) is 0 Å². The van der Waals surface area contributed by atoms with Crippen LogP contribution in [0.15, 0.2) is 48.5 Å². The summed E-state index contributed by atoms with van der Waals surface area (Å²) in [4.78, 5) is 16.6. The summed E-state index contributed by atoms with van der Waals surface area (Å²) in [7, 11) is 1.91. The van der Waals surface area contributed by atoms with Crippen molar-refractivity contribution in [1.29, 1.82) is 0 Å². The summed E-state index contributed by atoms with van der Waals surface area (Å²) in [5.74, 6) is -0.137. The monoisotopic (exact) mass is 312 g/mol. The van der Waals surface area contributed by atoms with Crippen molar-refractivity contribution in [2.24, 2.45) is 0 Å². The van der Waals surface area contributed by atoms with Crippen LogP contribution in [0.1, 0.15) is 18.1 Å². The van der Waals surface area contributed by atoms with Crippen molar-refractivity contribution in [3.05, 3.63) is 65.5 Å². The zero-order valence-electron chi connectivity index (χ0n) is 13.5. The van der Waals surface area contributed by atoms with Gasteiger partial charge in [-0.25, -0.2) is 4.39 Å². The van der Waals surface area contributed by atoms with Gasteiger partial charge >= 0.3 is 0 Å². The lowest BCUT2D eigenvalue weighted by atomic mass is 10.1. The SMILES string of the molecule is C[C@H]1Cc2ccccc2N1C(=O)CN(C)Cc1ccc(F)cc1. The van der Waals surface area contributed by atoms with Crippen molar-refractivity contribution in [3.63, 3.8) is 0 Å². The van der Waals surface area contributed by atoms with E-state index in [9.17, 15) is 9.18 Å². The highest BCUT2D eigenvalue weighted by molar-refractivity contribution is 5.97. The Kier molecular flexibility index (Phi) is 4.44. The molecule has 0 unspecified atom stereocenters. The van der Waals surface area contributed by atoms with Crippen LogP contribution in [0.4, 0.5) is 10.1 Å². The standard InChI is InChI=1S/C19H21FN2O/c1-14-11-16-5-3-4-6-18(16)22(14)19(23)13-21(2)12-15-7-9-17(20)10-8-15/h3-10,14H,11-13H2,1-2H3/t14-/m0/s1. The van der Waals surface area contributed by atoms with Gasteiger partial charge in [0.05, 0.1) is 6.54 Å². The normalized spacial score (nSPS) is 16.7. The third kappa shape index (κ3) is 3.42. The summed E-state index contributed by atoms with van der Waals surface area (Å²) < 4.78 is 12.9. The number of nitrogens with zero attached hydrogens (tertiary/aromatic N) is 2. The molecule has 0 bridgehead atoms. The number of carbonyl (C=O) groups excluding carboxylic acids is 1. The van der Waals surface area contributed by atoms with Crippen molar-refractivity contribution in [1.82, 2.24) is 4.90 Å². The van der Waals surface area contributed by atoms with Gasteiger partial charge in [0.25, 0.3) is 0 Å². The van der Waals surface area contributed by atoms with Gasteiger partial charge < -0.3 is 4.90 Å². The molecule has 0 aromatic heterocycles. The fourth-order valence-electron chi connectivity index (χ4n) is 3.21. The van der Waals surface area contributed by atoms with Gasteiger partial charge in [-0.15, -0.1) is 0 Å². The maximum atomic E-state index is 12.9. The Balaban J connectivity index is 1.66. The number of rotatable bonds is 4. The fraction of sp³-hybridized carbons (Fsp3) is 0.316. The average Bonchev–Trinajstić information content (AvgIpc) is 2.85. The predicted molar refractivity (Wildman–Crippen MR) is 89.8 cm³/mol. The van der Waals surface area contributed by atoms with E-state index in [0.29, 0.717) is 13.1 Å². The molecule has 1 aliphatic rings. The Morgan fingerprint density at radius 2 is 1.91 bits per heavy atom. The predicted octanol–water partition coefficient (Wildman–Crippen LogP) is 3.24. The van der Waals surface area contributed by atoms with E-state index in [2.05, 4.69) is 13.0 Å². The molecule has 1 atom stereocenters. The van der Waals surface area contributed by atoms with Crippen molar-refractivity contribution in [2.75, 3.05) is 18.5 Å². The Hall–Kier alpha value is -2.20. The van der Waals surface area contributed by atoms with E-state index in [4.69, 9.17) is 0 Å². The van der Waals surface area contributed by atoms with Gasteiger partial charge in [-0.1, -0.05) is 30.3 Å². The first kappa shape index (κ1) is 15.7. The smallest absolute Gasteiger partial charge is 0.241 e. The molecule has 23 heavy (non-hydrogen) atoms. The van der Waals surface area contributed by atoms with Gasteiger partial charge in [0.15, 0.2) is 0 Å². The molecule has 1 amide bonds. The summed E-state index contributed by atoms with van der Waals surface area (Å²) in [6, 6.07) is 14.7. The fourth-order valence-corrected chi connectivity index (χ4v) is 3.21. The van der Waals surface area contributed by atoms with Crippen LogP contribution >= 0.6 is 0 Å². The lowest BCUT2D eigenvalue weighted by molar-refractivity contribution is -0.119. The third-order valence-electron chi connectivity index (χ3n) is 4.25. The van der Waals surface area contributed by atoms with Crippen molar-refractivity contribution < 1.29 is 9.18 Å². The van der Waals surface area contributed by atoms with E-state index in [0.717, 1.165) is 17.7 Å². The minimum atomic E-state index is -0.241. The average molecular weight is 312 g/mol. The Morgan fingerprint density at radius 3 is 2.65 bits per heavy atom. The van der Waals surface area contributed by atoms with Crippen LogP contribution in [0.25, 0.3) is 0 Å². The first-order chi connectivity index (χ1) is 11.0. The number of anilines is 1. The molecule has 2 aromatic rings.